The molecule has 3 aromatic heterocycles. The van der Waals surface area contributed by atoms with Crippen LogP contribution in [0.5, 0.6) is 0 Å². The van der Waals surface area contributed by atoms with Gasteiger partial charge in [0, 0.05) is 41.6 Å². The standard InChI is InChI=1S/C16H15BrN4O2/c17-10-1-2-18-12(7-10)11-9-19-16-13(22)8-14(20-15(11)16)21-3-5-23-6-4-21/h1-2,7-9,19H,3-6H2,(H,20,22). The van der Waals surface area contributed by atoms with Gasteiger partial charge in [-0.1, -0.05) is 15.9 Å². The van der Waals surface area contributed by atoms with Crippen LogP contribution in [0.1, 0.15) is 0 Å². The molecule has 0 saturated carbocycles. The molecule has 0 atom stereocenters. The summed E-state index contributed by atoms with van der Waals surface area (Å²) in [6.07, 6.45) is 3.56. The monoisotopic (exact) mass is 374 g/mol. The Morgan fingerprint density at radius 3 is 2.83 bits per heavy atom. The Hall–Kier alpha value is -2.12. The largest absolute Gasteiger partial charge is 0.378 e. The van der Waals surface area contributed by atoms with Gasteiger partial charge in [-0.05, 0) is 12.1 Å². The molecule has 1 saturated heterocycles. The SMILES string of the molecule is O=c1cc(N2CCOCC2)[nH]c2c(-c3cc(Br)ccn3)c[nH]c12. The first-order valence-corrected chi connectivity index (χ1v) is 8.21. The first kappa shape index (κ1) is 14.5. The number of aromatic amines is 2. The number of anilines is 1. The predicted molar refractivity (Wildman–Crippen MR) is 92.9 cm³/mol. The number of halogens is 1. The number of morpholine rings is 1. The summed E-state index contributed by atoms with van der Waals surface area (Å²) in [5.41, 5.74) is 3.01. The Morgan fingerprint density at radius 1 is 1.22 bits per heavy atom. The third kappa shape index (κ3) is 2.66. The molecular weight excluding hydrogens is 360 g/mol. The van der Waals surface area contributed by atoms with Crippen LogP contribution in [0, 0.1) is 0 Å². The molecule has 4 heterocycles. The van der Waals surface area contributed by atoms with Crippen LogP contribution in [0.4, 0.5) is 5.82 Å². The molecule has 4 rings (SSSR count). The second-order valence-electron chi connectivity index (χ2n) is 5.43. The van der Waals surface area contributed by atoms with Crippen LogP contribution < -0.4 is 10.3 Å². The molecule has 0 bridgehead atoms. The van der Waals surface area contributed by atoms with Crippen molar-refractivity contribution < 1.29 is 4.74 Å². The van der Waals surface area contributed by atoms with Crippen molar-refractivity contribution in [3.05, 3.63) is 45.3 Å². The van der Waals surface area contributed by atoms with Gasteiger partial charge in [0.15, 0.2) is 0 Å². The second kappa shape index (κ2) is 5.82. The van der Waals surface area contributed by atoms with E-state index in [0.717, 1.165) is 40.2 Å². The predicted octanol–water partition coefficient (Wildman–Crippen LogP) is 2.52. The van der Waals surface area contributed by atoms with Crippen LogP contribution >= 0.6 is 15.9 Å². The van der Waals surface area contributed by atoms with Gasteiger partial charge in [0.05, 0.1) is 24.4 Å². The highest BCUT2D eigenvalue weighted by Crippen LogP contribution is 2.27. The van der Waals surface area contributed by atoms with E-state index in [1.165, 1.54) is 0 Å². The number of hydrogen-bond donors (Lipinski definition) is 2. The van der Waals surface area contributed by atoms with Gasteiger partial charge in [0.1, 0.15) is 11.3 Å². The van der Waals surface area contributed by atoms with Crippen molar-refractivity contribution in [3.8, 4) is 11.3 Å². The van der Waals surface area contributed by atoms with Crippen molar-refractivity contribution in [3.63, 3.8) is 0 Å². The van der Waals surface area contributed by atoms with E-state index in [9.17, 15) is 4.79 Å². The first-order chi connectivity index (χ1) is 11.2. The van der Waals surface area contributed by atoms with Crippen LogP contribution in [0.2, 0.25) is 0 Å². The minimum absolute atomic E-state index is 0.0264. The van der Waals surface area contributed by atoms with E-state index < -0.39 is 0 Å². The molecule has 1 fully saturated rings. The molecule has 7 heteroatoms. The Kier molecular flexibility index (Phi) is 3.66. The van der Waals surface area contributed by atoms with Gasteiger partial charge >= 0.3 is 0 Å². The highest BCUT2D eigenvalue weighted by molar-refractivity contribution is 9.10. The van der Waals surface area contributed by atoms with Crippen molar-refractivity contribution in [1.82, 2.24) is 15.0 Å². The lowest BCUT2D eigenvalue weighted by Gasteiger charge is -2.28. The zero-order valence-electron chi connectivity index (χ0n) is 12.3. The normalized spacial score (nSPS) is 15.3. The van der Waals surface area contributed by atoms with E-state index in [2.05, 4.69) is 35.8 Å². The summed E-state index contributed by atoms with van der Waals surface area (Å²) in [7, 11) is 0. The number of nitrogens with one attached hydrogen (secondary N) is 2. The Labute approximate surface area is 140 Å². The number of pyridine rings is 2. The average molecular weight is 375 g/mol. The highest BCUT2D eigenvalue weighted by atomic mass is 79.9. The molecule has 0 spiro atoms. The fourth-order valence-corrected chi connectivity index (χ4v) is 3.17. The molecule has 2 N–H and O–H groups in total. The summed E-state index contributed by atoms with van der Waals surface area (Å²) in [6.45, 7) is 2.90. The molecule has 118 valence electrons. The van der Waals surface area contributed by atoms with Crippen molar-refractivity contribution in [1.29, 1.82) is 0 Å². The average Bonchev–Trinajstić information content (AvgIpc) is 3.00. The van der Waals surface area contributed by atoms with Gasteiger partial charge in [-0.3, -0.25) is 9.78 Å². The summed E-state index contributed by atoms with van der Waals surface area (Å²) < 4.78 is 6.32. The lowest BCUT2D eigenvalue weighted by molar-refractivity contribution is 0.122. The zero-order valence-corrected chi connectivity index (χ0v) is 13.9. The molecular formula is C16H15BrN4O2. The van der Waals surface area contributed by atoms with Crippen LogP contribution in [-0.4, -0.2) is 41.3 Å². The molecule has 0 unspecified atom stereocenters. The number of H-pyrrole nitrogens is 2. The minimum Gasteiger partial charge on any atom is -0.378 e. The summed E-state index contributed by atoms with van der Waals surface area (Å²) in [5.74, 6) is 0.821. The van der Waals surface area contributed by atoms with Crippen LogP contribution in [0.15, 0.2) is 39.9 Å². The third-order valence-corrected chi connectivity index (χ3v) is 4.49. The minimum atomic E-state index is -0.0264. The number of fused-ring (bicyclic) bond motifs is 1. The zero-order chi connectivity index (χ0) is 15.8. The fraction of sp³-hybridized carbons (Fsp3) is 0.250. The maximum Gasteiger partial charge on any atom is 0.207 e. The Bertz CT molecular complexity index is 912. The van der Waals surface area contributed by atoms with Gasteiger partial charge in [-0.25, -0.2) is 0 Å². The van der Waals surface area contributed by atoms with Crippen molar-refractivity contribution in [2.75, 3.05) is 31.2 Å². The van der Waals surface area contributed by atoms with Crippen LogP contribution in [0.3, 0.4) is 0 Å². The molecule has 0 amide bonds. The smallest absolute Gasteiger partial charge is 0.207 e. The van der Waals surface area contributed by atoms with E-state index in [4.69, 9.17) is 4.74 Å². The van der Waals surface area contributed by atoms with Gasteiger partial charge in [0.2, 0.25) is 5.43 Å². The maximum absolute atomic E-state index is 12.4. The summed E-state index contributed by atoms with van der Waals surface area (Å²) >= 11 is 3.46. The van der Waals surface area contributed by atoms with Crippen molar-refractivity contribution >= 4 is 32.8 Å². The Morgan fingerprint density at radius 2 is 2.04 bits per heavy atom. The number of rotatable bonds is 2. The molecule has 3 aromatic rings. The number of nitrogens with zero attached hydrogens (tertiary/aromatic N) is 2. The van der Waals surface area contributed by atoms with Crippen LogP contribution in [-0.2, 0) is 4.74 Å². The highest BCUT2D eigenvalue weighted by Gasteiger charge is 2.16. The third-order valence-electron chi connectivity index (χ3n) is 4.00. The summed E-state index contributed by atoms with van der Waals surface area (Å²) in [5, 5.41) is 0. The van der Waals surface area contributed by atoms with E-state index in [1.54, 1.807) is 12.3 Å². The van der Waals surface area contributed by atoms with E-state index >= 15 is 0 Å². The van der Waals surface area contributed by atoms with Crippen molar-refractivity contribution in [2.24, 2.45) is 0 Å². The van der Waals surface area contributed by atoms with Gasteiger partial charge < -0.3 is 19.6 Å². The summed E-state index contributed by atoms with van der Waals surface area (Å²) in [4.78, 5) is 25.4. The molecule has 23 heavy (non-hydrogen) atoms. The van der Waals surface area contributed by atoms with Gasteiger partial charge in [-0.15, -0.1) is 0 Å². The number of aromatic nitrogens is 3. The molecule has 1 aliphatic heterocycles. The number of ether oxygens (including phenoxy) is 1. The first-order valence-electron chi connectivity index (χ1n) is 7.41. The van der Waals surface area contributed by atoms with Gasteiger partial charge in [0.25, 0.3) is 0 Å². The van der Waals surface area contributed by atoms with E-state index in [0.29, 0.717) is 18.7 Å². The van der Waals surface area contributed by atoms with Crippen molar-refractivity contribution in [2.45, 2.75) is 0 Å². The van der Waals surface area contributed by atoms with E-state index in [1.807, 2.05) is 18.3 Å². The van der Waals surface area contributed by atoms with Gasteiger partial charge in [-0.2, -0.15) is 0 Å². The fourth-order valence-electron chi connectivity index (χ4n) is 2.84. The molecule has 0 radical (unpaired) electrons. The lowest BCUT2D eigenvalue weighted by atomic mass is 10.2. The van der Waals surface area contributed by atoms with Crippen LogP contribution in [0.25, 0.3) is 22.3 Å². The number of hydrogen-bond acceptors (Lipinski definition) is 4. The quantitative estimate of drug-likeness (QED) is 0.722. The topological polar surface area (TPSA) is 74.0 Å². The van der Waals surface area contributed by atoms with E-state index in [-0.39, 0.29) is 5.43 Å². The molecule has 6 nitrogen and oxygen atoms in total. The summed E-state index contributed by atoms with van der Waals surface area (Å²) in [6, 6.07) is 5.45. The molecule has 0 aromatic carbocycles. The second-order valence-corrected chi connectivity index (χ2v) is 6.35. The molecule has 1 aliphatic rings. The lowest BCUT2D eigenvalue weighted by Crippen LogP contribution is -2.37. The Balaban J connectivity index is 1.86. The maximum atomic E-state index is 12.4. The molecule has 0 aliphatic carbocycles.